The molecule has 6 heteroatoms. The highest BCUT2D eigenvalue weighted by Crippen LogP contribution is 2.24. The molecule has 2 rings (SSSR count). The number of rotatable bonds is 5. The maximum atomic E-state index is 12.8. The number of aromatic nitrogens is 2. The molecule has 0 radical (unpaired) electrons. The van der Waals surface area contributed by atoms with Gasteiger partial charge in [-0.15, -0.1) is 0 Å². The Balaban J connectivity index is 1.90. The molecule has 2 amide bonds. The molecule has 1 aliphatic heterocycles. The van der Waals surface area contributed by atoms with Gasteiger partial charge >= 0.3 is 0 Å². The third-order valence-electron chi connectivity index (χ3n) is 4.87. The predicted molar refractivity (Wildman–Crippen MR) is 93.7 cm³/mol. The average molecular weight is 334 g/mol. The van der Waals surface area contributed by atoms with Crippen molar-refractivity contribution in [3.8, 4) is 0 Å². The van der Waals surface area contributed by atoms with Gasteiger partial charge < -0.3 is 9.80 Å². The summed E-state index contributed by atoms with van der Waals surface area (Å²) in [5, 5.41) is 7.13. The highest BCUT2D eigenvalue weighted by atomic mass is 16.2. The van der Waals surface area contributed by atoms with Crippen molar-refractivity contribution in [2.24, 2.45) is 5.92 Å². The molecular formula is C18H30N4O2. The smallest absolute Gasteiger partial charge is 0.230 e. The maximum Gasteiger partial charge on any atom is 0.230 e. The first-order valence-corrected chi connectivity index (χ1v) is 8.89. The zero-order valence-corrected chi connectivity index (χ0v) is 15.6. The molecule has 1 atom stereocenters. The van der Waals surface area contributed by atoms with Crippen LogP contribution < -0.4 is 0 Å². The fourth-order valence-electron chi connectivity index (χ4n) is 3.34. The van der Waals surface area contributed by atoms with Gasteiger partial charge in [0, 0.05) is 43.9 Å². The van der Waals surface area contributed by atoms with Gasteiger partial charge in [-0.3, -0.25) is 14.7 Å². The molecular weight excluding hydrogens is 304 g/mol. The van der Waals surface area contributed by atoms with Gasteiger partial charge in [0.2, 0.25) is 11.8 Å². The van der Waals surface area contributed by atoms with Crippen molar-refractivity contribution >= 4 is 11.8 Å². The predicted octanol–water partition coefficient (Wildman–Crippen LogP) is 2.24. The summed E-state index contributed by atoms with van der Waals surface area (Å²) in [6, 6.07) is 0. The first-order chi connectivity index (χ1) is 11.3. The number of aromatic amines is 1. The number of nitrogens with one attached hydrogen (secondary N) is 1. The van der Waals surface area contributed by atoms with Crippen LogP contribution in [0.1, 0.15) is 56.5 Å². The Kier molecular flexibility index (Phi) is 6.02. The topological polar surface area (TPSA) is 69.3 Å². The Bertz CT molecular complexity index is 566. The van der Waals surface area contributed by atoms with Crippen LogP contribution in [-0.2, 0) is 9.59 Å². The Morgan fingerprint density at radius 1 is 1.08 bits per heavy atom. The molecule has 1 aromatic rings. The highest BCUT2D eigenvalue weighted by Gasteiger charge is 2.29. The summed E-state index contributed by atoms with van der Waals surface area (Å²) in [6.07, 6.45) is 1.53. The molecule has 1 aromatic heterocycles. The fourth-order valence-corrected chi connectivity index (χ4v) is 3.34. The van der Waals surface area contributed by atoms with Crippen LogP contribution in [0.4, 0.5) is 0 Å². The third kappa shape index (κ3) is 4.16. The normalized spacial score (nSPS) is 16.6. The first-order valence-electron chi connectivity index (χ1n) is 8.89. The molecule has 0 bridgehead atoms. The summed E-state index contributed by atoms with van der Waals surface area (Å²) in [5.41, 5.74) is 2.84. The van der Waals surface area contributed by atoms with E-state index < -0.39 is 0 Å². The number of carbonyl (C=O) groups is 2. The minimum Gasteiger partial charge on any atom is -0.339 e. The van der Waals surface area contributed by atoms with Crippen LogP contribution in [-0.4, -0.2) is 58.0 Å². The largest absolute Gasteiger partial charge is 0.339 e. The van der Waals surface area contributed by atoms with Crippen molar-refractivity contribution in [3.05, 3.63) is 17.0 Å². The maximum absolute atomic E-state index is 12.8. The summed E-state index contributed by atoms with van der Waals surface area (Å²) < 4.78 is 0. The molecule has 1 fully saturated rings. The molecule has 0 aliphatic carbocycles. The number of hydrogen-bond donors (Lipinski definition) is 1. The van der Waals surface area contributed by atoms with Crippen LogP contribution in [0.5, 0.6) is 0 Å². The molecule has 0 spiro atoms. The van der Waals surface area contributed by atoms with E-state index in [4.69, 9.17) is 0 Å². The van der Waals surface area contributed by atoms with Crippen molar-refractivity contribution in [1.29, 1.82) is 0 Å². The Morgan fingerprint density at radius 3 is 2.17 bits per heavy atom. The van der Waals surface area contributed by atoms with Gasteiger partial charge in [-0.25, -0.2) is 0 Å². The van der Waals surface area contributed by atoms with Crippen molar-refractivity contribution in [2.75, 3.05) is 26.2 Å². The molecule has 1 N–H and O–H groups in total. The summed E-state index contributed by atoms with van der Waals surface area (Å²) >= 11 is 0. The van der Waals surface area contributed by atoms with Crippen LogP contribution in [0.2, 0.25) is 0 Å². The lowest BCUT2D eigenvalue weighted by Crippen LogP contribution is -2.51. The summed E-state index contributed by atoms with van der Waals surface area (Å²) in [6.45, 7) is 12.6. The van der Waals surface area contributed by atoms with Gasteiger partial charge in [0.15, 0.2) is 0 Å². The van der Waals surface area contributed by atoms with Crippen LogP contribution >= 0.6 is 0 Å². The van der Waals surface area contributed by atoms with E-state index in [1.807, 2.05) is 30.6 Å². The van der Waals surface area contributed by atoms with Crippen molar-refractivity contribution < 1.29 is 9.59 Å². The molecule has 0 aromatic carbocycles. The zero-order chi connectivity index (χ0) is 17.9. The zero-order valence-electron chi connectivity index (χ0n) is 15.6. The van der Waals surface area contributed by atoms with Crippen LogP contribution in [0, 0.1) is 19.8 Å². The second-order valence-electron chi connectivity index (χ2n) is 7.21. The standard InChI is InChI=1S/C18H30N4O2/c1-12(2)6-7-16(23)21-8-10-22(11-9-21)18(24)13(3)17-14(4)19-20-15(17)5/h12-13H,6-11H2,1-5H3,(H,19,20)/t13-/m0/s1. The van der Waals surface area contributed by atoms with E-state index in [2.05, 4.69) is 24.0 Å². The van der Waals surface area contributed by atoms with Crippen molar-refractivity contribution in [2.45, 2.75) is 53.4 Å². The van der Waals surface area contributed by atoms with Gasteiger partial charge in [-0.05, 0) is 33.1 Å². The highest BCUT2D eigenvalue weighted by molar-refractivity contribution is 5.84. The molecule has 24 heavy (non-hydrogen) atoms. The number of piperazine rings is 1. The van der Waals surface area contributed by atoms with E-state index in [-0.39, 0.29) is 17.7 Å². The Hall–Kier alpha value is -1.85. The molecule has 0 unspecified atom stereocenters. The van der Waals surface area contributed by atoms with E-state index in [1.54, 1.807) is 0 Å². The van der Waals surface area contributed by atoms with Gasteiger partial charge in [-0.1, -0.05) is 13.8 Å². The van der Waals surface area contributed by atoms with E-state index in [0.29, 0.717) is 38.5 Å². The number of amides is 2. The van der Waals surface area contributed by atoms with E-state index in [0.717, 1.165) is 23.4 Å². The van der Waals surface area contributed by atoms with E-state index >= 15 is 0 Å². The summed E-state index contributed by atoms with van der Waals surface area (Å²) in [7, 11) is 0. The van der Waals surface area contributed by atoms with E-state index in [9.17, 15) is 9.59 Å². The molecule has 2 heterocycles. The fraction of sp³-hybridized carbons (Fsp3) is 0.722. The average Bonchev–Trinajstić information content (AvgIpc) is 2.90. The van der Waals surface area contributed by atoms with Crippen LogP contribution in [0.3, 0.4) is 0 Å². The third-order valence-corrected chi connectivity index (χ3v) is 4.87. The monoisotopic (exact) mass is 334 g/mol. The molecule has 1 saturated heterocycles. The molecule has 6 nitrogen and oxygen atoms in total. The quantitative estimate of drug-likeness (QED) is 0.898. The lowest BCUT2D eigenvalue weighted by molar-refractivity contribution is -0.140. The Labute approximate surface area is 144 Å². The molecule has 1 aliphatic rings. The van der Waals surface area contributed by atoms with Crippen molar-refractivity contribution in [1.82, 2.24) is 20.0 Å². The van der Waals surface area contributed by atoms with Gasteiger partial charge in [0.1, 0.15) is 0 Å². The number of hydrogen-bond acceptors (Lipinski definition) is 3. The summed E-state index contributed by atoms with van der Waals surface area (Å²) in [5.74, 6) is 0.674. The number of carbonyl (C=O) groups excluding carboxylic acids is 2. The van der Waals surface area contributed by atoms with Gasteiger partial charge in [-0.2, -0.15) is 5.10 Å². The summed E-state index contributed by atoms with van der Waals surface area (Å²) in [4.78, 5) is 28.7. The molecule has 0 saturated carbocycles. The number of aryl methyl sites for hydroxylation is 2. The van der Waals surface area contributed by atoms with Crippen LogP contribution in [0.15, 0.2) is 0 Å². The Morgan fingerprint density at radius 2 is 1.67 bits per heavy atom. The minimum atomic E-state index is -0.202. The van der Waals surface area contributed by atoms with Crippen molar-refractivity contribution in [3.63, 3.8) is 0 Å². The SMILES string of the molecule is Cc1n[nH]c(C)c1[C@H](C)C(=O)N1CCN(C(=O)CCC(C)C)CC1. The first kappa shape index (κ1) is 18.5. The lowest BCUT2D eigenvalue weighted by Gasteiger charge is -2.36. The van der Waals surface area contributed by atoms with Gasteiger partial charge in [0.25, 0.3) is 0 Å². The molecule has 134 valence electrons. The number of nitrogens with zero attached hydrogens (tertiary/aromatic N) is 3. The van der Waals surface area contributed by atoms with E-state index in [1.165, 1.54) is 0 Å². The second kappa shape index (κ2) is 7.81. The number of H-pyrrole nitrogens is 1. The second-order valence-corrected chi connectivity index (χ2v) is 7.21. The van der Waals surface area contributed by atoms with Crippen LogP contribution in [0.25, 0.3) is 0 Å². The van der Waals surface area contributed by atoms with Gasteiger partial charge in [0.05, 0.1) is 11.6 Å². The minimum absolute atomic E-state index is 0.122. The lowest BCUT2D eigenvalue weighted by atomic mass is 9.97.